The first-order chi connectivity index (χ1) is 15.6. The molecular formula is C26H28N2O4. The number of aliphatic carboxylic acids is 1. The normalized spacial score (nSPS) is 12.7. The van der Waals surface area contributed by atoms with Gasteiger partial charge in [0.15, 0.2) is 0 Å². The molecule has 0 fully saturated rings. The van der Waals surface area contributed by atoms with Crippen LogP contribution in [-0.2, 0) is 22.6 Å². The van der Waals surface area contributed by atoms with Gasteiger partial charge >= 0.3 is 11.9 Å². The number of ether oxygens (including phenoxy) is 1. The van der Waals surface area contributed by atoms with Crippen molar-refractivity contribution in [2.45, 2.75) is 19.1 Å². The highest BCUT2D eigenvalue weighted by atomic mass is 16.5. The summed E-state index contributed by atoms with van der Waals surface area (Å²) in [5.74, 6) is -2.04. The molecule has 2 unspecified atom stereocenters. The number of carbonyl (C=O) groups excluding carboxylic acids is 1. The van der Waals surface area contributed by atoms with Crippen molar-refractivity contribution in [1.82, 2.24) is 10.6 Å². The van der Waals surface area contributed by atoms with E-state index < -0.39 is 23.9 Å². The molecule has 0 saturated heterocycles. The molecule has 0 aromatic heterocycles. The van der Waals surface area contributed by atoms with Gasteiger partial charge in [0.25, 0.3) is 0 Å². The Kier molecular flexibility index (Phi) is 8.54. The van der Waals surface area contributed by atoms with Gasteiger partial charge in [-0.3, -0.25) is 4.79 Å². The van der Waals surface area contributed by atoms with Gasteiger partial charge < -0.3 is 20.5 Å². The number of carbonyl (C=O) groups is 2. The second kappa shape index (κ2) is 11.8. The Morgan fingerprint density at radius 2 is 1.41 bits per heavy atom. The van der Waals surface area contributed by atoms with E-state index in [-0.39, 0.29) is 6.54 Å². The second-order valence-electron chi connectivity index (χ2n) is 7.52. The third kappa shape index (κ3) is 6.51. The highest BCUT2D eigenvalue weighted by Crippen LogP contribution is 2.24. The van der Waals surface area contributed by atoms with Crippen molar-refractivity contribution < 1.29 is 19.4 Å². The standard InChI is InChI=1S/C26H28N2O4/c1-32-26(31)22-14-12-21(13-15-22)24(28-17-20-10-6-3-7-11-20)23(25(29)30)18-27-16-19-8-4-2-5-9-19/h2-15,23-24,27-28H,16-18H2,1H3,(H,29,30). The van der Waals surface area contributed by atoms with Gasteiger partial charge in [0.2, 0.25) is 0 Å². The summed E-state index contributed by atoms with van der Waals surface area (Å²) in [5.41, 5.74) is 3.37. The van der Waals surface area contributed by atoms with Crippen molar-refractivity contribution in [1.29, 1.82) is 0 Å². The number of esters is 1. The maximum Gasteiger partial charge on any atom is 0.337 e. The zero-order chi connectivity index (χ0) is 22.8. The van der Waals surface area contributed by atoms with Crippen LogP contribution in [0.3, 0.4) is 0 Å². The summed E-state index contributed by atoms with van der Waals surface area (Å²) in [6, 6.07) is 26.1. The van der Waals surface area contributed by atoms with Gasteiger partial charge in [-0.05, 0) is 28.8 Å². The fourth-order valence-corrected chi connectivity index (χ4v) is 3.58. The largest absolute Gasteiger partial charge is 0.481 e. The maximum atomic E-state index is 12.2. The number of benzene rings is 3. The number of carboxylic acid groups (broad SMARTS) is 1. The van der Waals surface area contributed by atoms with Crippen molar-refractivity contribution in [3.63, 3.8) is 0 Å². The molecule has 0 radical (unpaired) electrons. The smallest absolute Gasteiger partial charge is 0.337 e. The van der Waals surface area contributed by atoms with E-state index in [0.717, 1.165) is 16.7 Å². The van der Waals surface area contributed by atoms with E-state index in [4.69, 9.17) is 4.74 Å². The minimum atomic E-state index is -0.895. The molecule has 3 aromatic rings. The molecule has 3 rings (SSSR count). The van der Waals surface area contributed by atoms with Crippen LogP contribution >= 0.6 is 0 Å². The van der Waals surface area contributed by atoms with Crippen LogP contribution < -0.4 is 10.6 Å². The van der Waals surface area contributed by atoms with Crippen LogP contribution in [0, 0.1) is 5.92 Å². The zero-order valence-electron chi connectivity index (χ0n) is 18.0. The number of nitrogens with one attached hydrogen (secondary N) is 2. The summed E-state index contributed by atoms with van der Waals surface area (Å²) in [4.78, 5) is 24.0. The molecule has 0 amide bonds. The minimum absolute atomic E-state index is 0.287. The van der Waals surface area contributed by atoms with Crippen LogP contribution in [0.4, 0.5) is 0 Å². The molecule has 0 spiro atoms. The fourth-order valence-electron chi connectivity index (χ4n) is 3.58. The van der Waals surface area contributed by atoms with Crippen LogP contribution in [0.5, 0.6) is 0 Å². The first kappa shape index (κ1) is 23.2. The van der Waals surface area contributed by atoms with Crippen molar-refractivity contribution in [3.8, 4) is 0 Å². The average molecular weight is 433 g/mol. The first-order valence-corrected chi connectivity index (χ1v) is 10.5. The van der Waals surface area contributed by atoms with Crippen LogP contribution in [0.15, 0.2) is 84.9 Å². The fraction of sp³-hybridized carbons (Fsp3) is 0.231. The van der Waals surface area contributed by atoms with Gasteiger partial charge in [-0.25, -0.2) is 4.79 Å². The monoisotopic (exact) mass is 432 g/mol. The van der Waals surface area contributed by atoms with Crippen LogP contribution in [0.2, 0.25) is 0 Å². The van der Waals surface area contributed by atoms with E-state index in [0.29, 0.717) is 18.7 Å². The Balaban J connectivity index is 1.79. The lowest BCUT2D eigenvalue weighted by Gasteiger charge is -2.26. The lowest BCUT2D eigenvalue weighted by molar-refractivity contribution is -0.142. The van der Waals surface area contributed by atoms with Crippen molar-refractivity contribution in [2.75, 3.05) is 13.7 Å². The number of rotatable bonds is 11. The van der Waals surface area contributed by atoms with Crippen LogP contribution in [-0.4, -0.2) is 30.7 Å². The first-order valence-electron chi connectivity index (χ1n) is 10.5. The Morgan fingerprint density at radius 3 is 1.94 bits per heavy atom. The van der Waals surface area contributed by atoms with Gasteiger partial charge in [0.1, 0.15) is 0 Å². The van der Waals surface area contributed by atoms with Gasteiger partial charge in [-0.15, -0.1) is 0 Å². The zero-order valence-corrected chi connectivity index (χ0v) is 18.0. The molecule has 0 aliphatic carbocycles. The quantitative estimate of drug-likeness (QED) is 0.400. The molecule has 6 nitrogen and oxygen atoms in total. The molecule has 0 heterocycles. The topological polar surface area (TPSA) is 87.7 Å². The molecule has 3 N–H and O–H groups in total. The summed E-state index contributed by atoms with van der Waals surface area (Å²) < 4.78 is 4.76. The molecule has 3 aromatic carbocycles. The third-order valence-electron chi connectivity index (χ3n) is 5.32. The van der Waals surface area contributed by atoms with Crippen molar-refractivity contribution in [2.24, 2.45) is 5.92 Å². The summed E-state index contributed by atoms with van der Waals surface area (Å²) in [6.45, 7) is 1.39. The molecule has 166 valence electrons. The Hall–Kier alpha value is -3.48. The summed E-state index contributed by atoms with van der Waals surface area (Å²) >= 11 is 0. The number of hydrogen-bond acceptors (Lipinski definition) is 5. The third-order valence-corrected chi connectivity index (χ3v) is 5.32. The summed E-state index contributed by atoms with van der Waals surface area (Å²) in [5, 5.41) is 16.7. The predicted octanol–water partition coefficient (Wildman–Crippen LogP) is 3.79. The number of methoxy groups -OCH3 is 1. The lowest BCUT2D eigenvalue weighted by Crippen LogP contribution is -2.39. The Bertz CT molecular complexity index is 991. The lowest BCUT2D eigenvalue weighted by atomic mass is 9.91. The predicted molar refractivity (Wildman–Crippen MR) is 123 cm³/mol. The molecule has 0 saturated carbocycles. The molecule has 0 aliphatic rings. The molecule has 6 heteroatoms. The SMILES string of the molecule is COC(=O)c1ccc(C(NCc2ccccc2)C(CNCc2ccccc2)C(=O)O)cc1. The van der Waals surface area contributed by atoms with Gasteiger partial charge in [-0.2, -0.15) is 0 Å². The van der Waals surface area contributed by atoms with Gasteiger partial charge in [0.05, 0.1) is 18.6 Å². The Morgan fingerprint density at radius 1 is 0.844 bits per heavy atom. The second-order valence-corrected chi connectivity index (χ2v) is 7.52. The Labute approximate surface area is 188 Å². The van der Waals surface area contributed by atoms with E-state index in [1.807, 2.05) is 60.7 Å². The van der Waals surface area contributed by atoms with E-state index in [2.05, 4.69) is 10.6 Å². The van der Waals surface area contributed by atoms with E-state index in [1.165, 1.54) is 7.11 Å². The molecular weight excluding hydrogens is 404 g/mol. The van der Waals surface area contributed by atoms with E-state index in [1.54, 1.807) is 24.3 Å². The van der Waals surface area contributed by atoms with Crippen molar-refractivity contribution in [3.05, 3.63) is 107 Å². The van der Waals surface area contributed by atoms with Crippen molar-refractivity contribution >= 4 is 11.9 Å². The maximum absolute atomic E-state index is 12.2. The minimum Gasteiger partial charge on any atom is -0.481 e. The summed E-state index contributed by atoms with van der Waals surface area (Å²) in [7, 11) is 1.33. The van der Waals surface area contributed by atoms with Gasteiger partial charge in [0, 0.05) is 25.7 Å². The van der Waals surface area contributed by atoms with Crippen LogP contribution in [0.25, 0.3) is 0 Å². The van der Waals surface area contributed by atoms with E-state index >= 15 is 0 Å². The molecule has 2 atom stereocenters. The van der Waals surface area contributed by atoms with E-state index in [9.17, 15) is 14.7 Å². The van der Waals surface area contributed by atoms with Gasteiger partial charge in [-0.1, -0.05) is 72.8 Å². The average Bonchev–Trinajstić information content (AvgIpc) is 2.84. The molecule has 32 heavy (non-hydrogen) atoms. The molecule has 0 aliphatic heterocycles. The van der Waals surface area contributed by atoms with Crippen LogP contribution in [0.1, 0.15) is 33.1 Å². The molecule has 0 bridgehead atoms. The highest BCUT2D eigenvalue weighted by molar-refractivity contribution is 5.89. The summed E-state index contributed by atoms with van der Waals surface area (Å²) in [6.07, 6.45) is 0. The number of carboxylic acids is 1. The number of hydrogen-bond donors (Lipinski definition) is 3. The highest BCUT2D eigenvalue weighted by Gasteiger charge is 2.29.